The van der Waals surface area contributed by atoms with Crippen molar-refractivity contribution < 1.29 is 33.2 Å². The summed E-state index contributed by atoms with van der Waals surface area (Å²) in [7, 11) is 0. The Balaban J connectivity index is 3.11. The van der Waals surface area contributed by atoms with Gasteiger partial charge in [0, 0.05) is 13.0 Å². The highest BCUT2D eigenvalue weighted by Gasteiger charge is 2.02. The molecular weight excluding hydrogens is 400 g/mol. The fourth-order valence-corrected chi connectivity index (χ4v) is 2.74. The van der Waals surface area contributed by atoms with Crippen molar-refractivity contribution >= 4 is 5.97 Å². The molecule has 186 valence electrons. The molecule has 0 aliphatic heterocycles. The zero-order valence-corrected chi connectivity index (χ0v) is 20.2. The predicted molar refractivity (Wildman–Crippen MR) is 123 cm³/mol. The zero-order chi connectivity index (χ0) is 22.7. The van der Waals surface area contributed by atoms with Gasteiger partial charge < -0.3 is 28.4 Å². The summed E-state index contributed by atoms with van der Waals surface area (Å²) < 4.78 is 32.2. The van der Waals surface area contributed by atoms with Crippen LogP contribution in [0.15, 0.2) is 0 Å². The number of hydrogen-bond acceptors (Lipinski definition) is 7. The van der Waals surface area contributed by atoms with Crippen molar-refractivity contribution in [3.05, 3.63) is 0 Å². The molecule has 7 heteroatoms. The van der Waals surface area contributed by atoms with E-state index in [9.17, 15) is 4.79 Å². The molecule has 0 atom stereocenters. The molecule has 0 saturated carbocycles. The Hall–Kier alpha value is -0.730. The third kappa shape index (κ3) is 27.2. The van der Waals surface area contributed by atoms with Gasteiger partial charge in [-0.15, -0.1) is 0 Å². The molecule has 0 spiro atoms. The average molecular weight is 449 g/mol. The standard InChI is InChI=1S/C24H48O7/c1-3-5-7-8-9-10-11-12-24(25)31-23-22-30-21-20-29-19-18-28-17-16-27-15-14-26-13-6-4-2/h3-23H2,1-2H3. The number of ether oxygens (including phenoxy) is 6. The van der Waals surface area contributed by atoms with E-state index in [0.717, 1.165) is 32.3 Å². The van der Waals surface area contributed by atoms with E-state index in [1.165, 1.54) is 32.1 Å². The number of rotatable bonds is 26. The lowest BCUT2D eigenvalue weighted by Gasteiger charge is -2.08. The molecular formula is C24H48O7. The van der Waals surface area contributed by atoms with E-state index in [4.69, 9.17) is 28.4 Å². The monoisotopic (exact) mass is 448 g/mol. The van der Waals surface area contributed by atoms with Crippen LogP contribution in [0.4, 0.5) is 0 Å². The summed E-state index contributed by atoms with van der Waals surface area (Å²) in [4.78, 5) is 11.6. The lowest BCUT2D eigenvalue weighted by atomic mass is 10.1. The van der Waals surface area contributed by atoms with Gasteiger partial charge in [0.25, 0.3) is 0 Å². The van der Waals surface area contributed by atoms with Crippen molar-refractivity contribution in [3.8, 4) is 0 Å². The Kier molecular flexibility index (Phi) is 26.7. The Labute approximate surface area is 190 Å². The lowest BCUT2D eigenvalue weighted by molar-refractivity contribution is -0.145. The second kappa shape index (κ2) is 27.3. The molecule has 0 heterocycles. The van der Waals surface area contributed by atoms with Crippen LogP contribution in [-0.2, 0) is 33.2 Å². The first-order chi connectivity index (χ1) is 15.3. The third-order valence-corrected chi connectivity index (χ3v) is 4.61. The van der Waals surface area contributed by atoms with Gasteiger partial charge >= 0.3 is 5.97 Å². The number of carbonyl (C=O) groups is 1. The van der Waals surface area contributed by atoms with Gasteiger partial charge in [0.2, 0.25) is 0 Å². The van der Waals surface area contributed by atoms with Crippen LogP contribution in [0.2, 0.25) is 0 Å². The molecule has 0 rings (SSSR count). The molecule has 0 fully saturated rings. The smallest absolute Gasteiger partial charge is 0.305 e. The Morgan fingerprint density at radius 3 is 1.32 bits per heavy atom. The molecule has 0 aromatic rings. The van der Waals surface area contributed by atoms with Crippen LogP contribution in [0.3, 0.4) is 0 Å². The average Bonchev–Trinajstić information content (AvgIpc) is 2.77. The van der Waals surface area contributed by atoms with Gasteiger partial charge in [0.15, 0.2) is 0 Å². The number of hydrogen-bond donors (Lipinski definition) is 0. The first kappa shape index (κ1) is 30.3. The van der Waals surface area contributed by atoms with Crippen molar-refractivity contribution in [2.75, 3.05) is 72.7 Å². The van der Waals surface area contributed by atoms with Crippen molar-refractivity contribution in [1.82, 2.24) is 0 Å². The molecule has 0 aliphatic rings. The molecule has 7 nitrogen and oxygen atoms in total. The molecule has 0 aromatic carbocycles. The summed E-state index contributed by atoms with van der Waals surface area (Å²) in [6, 6.07) is 0. The van der Waals surface area contributed by atoms with Crippen molar-refractivity contribution in [3.63, 3.8) is 0 Å². The second-order valence-electron chi connectivity index (χ2n) is 7.51. The number of esters is 1. The fraction of sp³-hybridized carbons (Fsp3) is 0.958. The Bertz CT molecular complexity index is 353. The first-order valence-corrected chi connectivity index (χ1v) is 12.4. The molecule has 0 N–H and O–H groups in total. The molecule has 0 saturated heterocycles. The van der Waals surface area contributed by atoms with E-state index in [2.05, 4.69) is 13.8 Å². The molecule has 0 radical (unpaired) electrons. The van der Waals surface area contributed by atoms with Gasteiger partial charge in [0.1, 0.15) is 6.61 Å². The molecule has 0 bridgehead atoms. The third-order valence-electron chi connectivity index (χ3n) is 4.61. The minimum atomic E-state index is -0.126. The minimum Gasteiger partial charge on any atom is -0.463 e. The van der Waals surface area contributed by atoms with Gasteiger partial charge in [0.05, 0.1) is 59.5 Å². The molecule has 31 heavy (non-hydrogen) atoms. The van der Waals surface area contributed by atoms with E-state index in [1.54, 1.807) is 0 Å². The van der Waals surface area contributed by atoms with Crippen molar-refractivity contribution in [1.29, 1.82) is 0 Å². The summed E-state index contributed by atoms with van der Waals surface area (Å²) in [5.41, 5.74) is 0. The second-order valence-corrected chi connectivity index (χ2v) is 7.51. The van der Waals surface area contributed by atoms with Crippen LogP contribution >= 0.6 is 0 Å². The van der Waals surface area contributed by atoms with Gasteiger partial charge in [-0.1, -0.05) is 58.8 Å². The zero-order valence-electron chi connectivity index (χ0n) is 20.2. The highest BCUT2D eigenvalue weighted by Crippen LogP contribution is 2.08. The summed E-state index contributed by atoms with van der Waals surface area (Å²) in [5.74, 6) is -0.126. The van der Waals surface area contributed by atoms with Gasteiger partial charge in [-0.2, -0.15) is 0 Å². The summed E-state index contributed by atoms with van der Waals surface area (Å²) >= 11 is 0. The maximum atomic E-state index is 11.6. The maximum Gasteiger partial charge on any atom is 0.305 e. The SMILES string of the molecule is CCCCCCCCCC(=O)OCCOCCOCCOCCOCCOCCCC. The van der Waals surface area contributed by atoms with Crippen LogP contribution < -0.4 is 0 Å². The number of unbranched alkanes of at least 4 members (excludes halogenated alkanes) is 7. The Morgan fingerprint density at radius 1 is 0.452 bits per heavy atom. The van der Waals surface area contributed by atoms with E-state index in [0.29, 0.717) is 72.5 Å². The normalized spacial score (nSPS) is 11.2. The van der Waals surface area contributed by atoms with E-state index in [-0.39, 0.29) is 5.97 Å². The van der Waals surface area contributed by atoms with Crippen LogP contribution in [0.25, 0.3) is 0 Å². The van der Waals surface area contributed by atoms with Crippen LogP contribution in [0, 0.1) is 0 Å². The van der Waals surface area contributed by atoms with Crippen LogP contribution in [0.5, 0.6) is 0 Å². The predicted octanol–water partition coefficient (Wildman–Crippen LogP) is 4.55. The number of carbonyl (C=O) groups excluding carboxylic acids is 1. The fourth-order valence-electron chi connectivity index (χ4n) is 2.74. The topological polar surface area (TPSA) is 72.5 Å². The minimum absolute atomic E-state index is 0.126. The van der Waals surface area contributed by atoms with Gasteiger partial charge in [-0.25, -0.2) is 0 Å². The molecule has 0 aromatic heterocycles. The first-order valence-electron chi connectivity index (χ1n) is 12.4. The molecule has 0 aliphatic carbocycles. The summed E-state index contributed by atoms with van der Waals surface area (Å²) in [5, 5.41) is 0. The van der Waals surface area contributed by atoms with E-state index < -0.39 is 0 Å². The Morgan fingerprint density at radius 2 is 0.839 bits per heavy atom. The quantitative estimate of drug-likeness (QED) is 0.142. The van der Waals surface area contributed by atoms with Gasteiger partial charge in [-0.3, -0.25) is 4.79 Å². The summed E-state index contributed by atoms with van der Waals surface area (Å²) in [6.45, 7) is 10.3. The largest absolute Gasteiger partial charge is 0.463 e. The highest BCUT2D eigenvalue weighted by molar-refractivity contribution is 5.69. The molecule has 0 unspecified atom stereocenters. The van der Waals surface area contributed by atoms with Crippen LogP contribution in [0.1, 0.15) is 78.1 Å². The summed E-state index contributed by atoms with van der Waals surface area (Å²) in [6.07, 6.45) is 11.1. The van der Waals surface area contributed by atoms with E-state index in [1.807, 2.05) is 0 Å². The van der Waals surface area contributed by atoms with Gasteiger partial charge in [-0.05, 0) is 12.8 Å². The van der Waals surface area contributed by atoms with Crippen LogP contribution in [-0.4, -0.2) is 78.6 Å². The maximum absolute atomic E-state index is 11.6. The van der Waals surface area contributed by atoms with E-state index >= 15 is 0 Å². The van der Waals surface area contributed by atoms with Crippen molar-refractivity contribution in [2.24, 2.45) is 0 Å². The highest BCUT2D eigenvalue weighted by atomic mass is 16.6. The van der Waals surface area contributed by atoms with Crippen molar-refractivity contribution in [2.45, 2.75) is 78.1 Å². The molecule has 0 amide bonds. The lowest BCUT2D eigenvalue weighted by Crippen LogP contribution is -2.15.